The van der Waals surface area contributed by atoms with Gasteiger partial charge >= 0.3 is 0 Å². The van der Waals surface area contributed by atoms with Gasteiger partial charge in [-0.2, -0.15) is 0 Å². The van der Waals surface area contributed by atoms with Gasteiger partial charge in [-0.05, 0) is 31.1 Å². The Morgan fingerprint density at radius 3 is 2.85 bits per heavy atom. The van der Waals surface area contributed by atoms with Crippen molar-refractivity contribution in [3.8, 4) is 0 Å². The van der Waals surface area contributed by atoms with E-state index in [1.807, 2.05) is 4.57 Å². The summed E-state index contributed by atoms with van der Waals surface area (Å²) < 4.78 is 7.28. The Morgan fingerprint density at radius 1 is 1.35 bits per heavy atom. The van der Waals surface area contributed by atoms with Crippen molar-refractivity contribution in [2.45, 2.75) is 52.1 Å². The van der Waals surface area contributed by atoms with Gasteiger partial charge in [-0.1, -0.05) is 13.8 Å². The molecule has 1 aromatic rings. The standard InChI is InChI=1S/C19H30N4O3/c1-14(2)3-4-18(24)22-11-16-10-20-13-23(16)17(12-22)19(25)21-9-15-5-7-26-8-6-15/h10,13-15,17H,3-9,11-12H2,1-2H3,(H,21,25)/t17-/m0/s1. The van der Waals surface area contributed by atoms with Crippen LogP contribution in [0, 0.1) is 11.8 Å². The Hall–Kier alpha value is -1.89. The molecule has 1 saturated heterocycles. The largest absolute Gasteiger partial charge is 0.381 e. The van der Waals surface area contributed by atoms with E-state index in [1.54, 1.807) is 17.4 Å². The van der Waals surface area contributed by atoms with Crippen molar-refractivity contribution in [1.29, 1.82) is 0 Å². The Balaban J connectivity index is 1.61. The molecule has 1 atom stereocenters. The Bertz CT molecular complexity index is 622. The van der Waals surface area contributed by atoms with Crippen LogP contribution in [0.25, 0.3) is 0 Å². The van der Waals surface area contributed by atoms with Crippen LogP contribution in [0.2, 0.25) is 0 Å². The molecule has 0 spiro atoms. The second kappa shape index (κ2) is 8.66. The summed E-state index contributed by atoms with van der Waals surface area (Å²) in [5.41, 5.74) is 0.917. The molecular weight excluding hydrogens is 332 g/mol. The van der Waals surface area contributed by atoms with Crippen LogP contribution < -0.4 is 5.32 Å². The summed E-state index contributed by atoms with van der Waals surface area (Å²) in [6.45, 7) is 7.39. The smallest absolute Gasteiger partial charge is 0.244 e. The van der Waals surface area contributed by atoms with E-state index in [1.165, 1.54) is 0 Å². The Kier molecular flexibility index (Phi) is 6.29. The third-order valence-corrected chi connectivity index (χ3v) is 5.32. The molecule has 26 heavy (non-hydrogen) atoms. The first kappa shape index (κ1) is 18.9. The van der Waals surface area contributed by atoms with Crippen molar-refractivity contribution in [2.24, 2.45) is 11.8 Å². The zero-order valence-corrected chi connectivity index (χ0v) is 15.8. The number of imidazole rings is 1. The first-order valence-corrected chi connectivity index (χ1v) is 9.68. The molecule has 1 aromatic heterocycles. The van der Waals surface area contributed by atoms with Gasteiger partial charge in [-0.25, -0.2) is 4.98 Å². The summed E-state index contributed by atoms with van der Waals surface area (Å²) in [7, 11) is 0. The van der Waals surface area contributed by atoms with Gasteiger partial charge in [-0.15, -0.1) is 0 Å². The Morgan fingerprint density at radius 2 is 2.12 bits per heavy atom. The number of amides is 2. The zero-order valence-electron chi connectivity index (χ0n) is 15.8. The molecule has 0 unspecified atom stereocenters. The molecule has 0 aromatic carbocycles. The molecule has 0 saturated carbocycles. The van der Waals surface area contributed by atoms with E-state index in [4.69, 9.17) is 4.74 Å². The van der Waals surface area contributed by atoms with Crippen LogP contribution in [-0.2, 0) is 20.9 Å². The van der Waals surface area contributed by atoms with Gasteiger partial charge in [0.15, 0.2) is 0 Å². The minimum Gasteiger partial charge on any atom is -0.381 e. The number of nitrogens with one attached hydrogen (secondary N) is 1. The van der Waals surface area contributed by atoms with Gasteiger partial charge in [0.1, 0.15) is 6.04 Å². The molecule has 0 bridgehead atoms. The highest BCUT2D eigenvalue weighted by Crippen LogP contribution is 2.23. The van der Waals surface area contributed by atoms with Crippen molar-refractivity contribution in [3.05, 3.63) is 18.2 Å². The van der Waals surface area contributed by atoms with E-state index < -0.39 is 6.04 Å². The third-order valence-electron chi connectivity index (χ3n) is 5.32. The first-order chi connectivity index (χ1) is 12.5. The number of carbonyl (C=O) groups is 2. The molecule has 2 aliphatic heterocycles. The van der Waals surface area contributed by atoms with Gasteiger partial charge < -0.3 is 19.5 Å². The average Bonchev–Trinajstić information content (AvgIpc) is 3.12. The fourth-order valence-electron chi connectivity index (χ4n) is 3.57. The number of fused-ring (bicyclic) bond motifs is 1. The third kappa shape index (κ3) is 4.63. The predicted molar refractivity (Wildman–Crippen MR) is 97.3 cm³/mol. The fraction of sp³-hybridized carbons (Fsp3) is 0.737. The molecule has 3 heterocycles. The monoisotopic (exact) mass is 362 g/mol. The Labute approximate surface area is 155 Å². The molecule has 0 radical (unpaired) electrons. The normalized spacial score (nSPS) is 20.9. The number of rotatable bonds is 6. The van der Waals surface area contributed by atoms with E-state index in [9.17, 15) is 9.59 Å². The highest BCUT2D eigenvalue weighted by atomic mass is 16.5. The van der Waals surface area contributed by atoms with Crippen LogP contribution in [-0.4, -0.2) is 52.6 Å². The van der Waals surface area contributed by atoms with Crippen LogP contribution in [0.15, 0.2) is 12.5 Å². The quantitative estimate of drug-likeness (QED) is 0.836. The summed E-state index contributed by atoms with van der Waals surface area (Å²) in [6, 6.07) is -0.399. The molecular formula is C19H30N4O3. The number of aromatic nitrogens is 2. The highest BCUT2D eigenvalue weighted by Gasteiger charge is 2.32. The average molecular weight is 362 g/mol. The van der Waals surface area contributed by atoms with Crippen LogP contribution >= 0.6 is 0 Å². The van der Waals surface area contributed by atoms with Gasteiger partial charge in [0.05, 0.1) is 25.1 Å². The lowest BCUT2D eigenvalue weighted by atomic mass is 10.0. The summed E-state index contributed by atoms with van der Waals surface area (Å²) in [6.07, 6.45) is 6.82. The van der Waals surface area contributed by atoms with Crippen molar-refractivity contribution >= 4 is 11.8 Å². The predicted octanol–water partition coefficient (Wildman–Crippen LogP) is 1.75. The van der Waals surface area contributed by atoms with E-state index in [0.717, 1.165) is 38.2 Å². The molecule has 1 N–H and O–H groups in total. The van der Waals surface area contributed by atoms with E-state index in [2.05, 4.69) is 24.1 Å². The second-order valence-corrected chi connectivity index (χ2v) is 7.82. The van der Waals surface area contributed by atoms with Crippen LogP contribution in [0.1, 0.15) is 51.3 Å². The van der Waals surface area contributed by atoms with Crippen molar-refractivity contribution in [2.75, 3.05) is 26.3 Å². The topological polar surface area (TPSA) is 76.5 Å². The molecule has 0 aliphatic carbocycles. The maximum Gasteiger partial charge on any atom is 0.244 e. The second-order valence-electron chi connectivity index (χ2n) is 7.82. The lowest BCUT2D eigenvalue weighted by molar-refractivity contribution is -0.135. The minimum absolute atomic E-state index is 0.0305. The van der Waals surface area contributed by atoms with Gasteiger partial charge in [0, 0.05) is 32.4 Å². The van der Waals surface area contributed by atoms with Crippen molar-refractivity contribution < 1.29 is 14.3 Å². The van der Waals surface area contributed by atoms with E-state index in [0.29, 0.717) is 37.9 Å². The lowest BCUT2D eigenvalue weighted by Crippen LogP contribution is -2.47. The molecule has 7 heteroatoms. The molecule has 1 fully saturated rings. The lowest BCUT2D eigenvalue weighted by Gasteiger charge is -2.34. The van der Waals surface area contributed by atoms with E-state index >= 15 is 0 Å². The fourth-order valence-corrected chi connectivity index (χ4v) is 3.57. The van der Waals surface area contributed by atoms with Crippen LogP contribution in [0.4, 0.5) is 0 Å². The van der Waals surface area contributed by atoms with Crippen molar-refractivity contribution in [1.82, 2.24) is 19.8 Å². The van der Waals surface area contributed by atoms with Crippen LogP contribution in [0.3, 0.4) is 0 Å². The number of hydrogen-bond acceptors (Lipinski definition) is 4. The molecule has 2 aliphatic rings. The first-order valence-electron chi connectivity index (χ1n) is 9.68. The van der Waals surface area contributed by atoms with E-state index in [-0.39, 0.29) is 11.8 Å². The summed E-state index contributed by atoms with van der Waals surface area (Å²) in [5, 5.41) is 3.08. The summed E-state index contributed by atoms with van der Waals surface area (Å²) in [5.74, 6) is 1.06. The highest BCUT2D eigenvalue weighted by molar-refractivity contribution is 5.83. The zero-order chi connectivity index (χ0) is 18.5. The minimum atomic E-state index is -0.399. The summed E-state index contributed by atoms with van der Waals surface area (Å²) >= 11 is 0. The molecule has 3 rings (SSSR count). The molecule has 7 nitrogen and oxygen atoms in total. The number of ether oxygens (including phenoxy) is 1. The molecule has 2 amide bonds. The summed E-state index contributed by atoms with van der Waals surface area (Å²) in [4.78, 5) is 31.4. The van der Waals surface area contributed by atoms with Gasteiger partial charge in [-0.3, -0.25) is 9.59 Å². The number of hydrogen-bond donors (Lipinski definition) is 1. The van der Waals surface area contributed by atoms with Crippen molar-refractivity contribution in [3.63, 3.8) is 0 Å². The van der Waals surface area contributed by atoms with Gasteiger partial charge in [0.25, 0.3) is 0 Å². The molecule has 144 valence electrons. The van der Waals surface area contributed by atoms with Gasteiger partial charge in [0.2, 0.25) is 11.8 Å². The number of carbonyl (C=O) groups excluding carboxylic acids is 2. The maximum absolute atomic E-state index is 12.8. The SMILES string of the molecule is CC(C)CCC(=O)N1Cc2cncn2[C@H](C(=O)NCC2CCOCC2)C1. The maximum atomic E-state index is 12.8. The number of nitrogens with zero attached hydrogens (tertiary/aromatic N) is 3. The van der Waals surface area contributed by atoms with Crippen LogP contribution in [0.5, 0.6) is 0 Å².